The highest BCUT2D eigenvalue weighted by atomic mass is 16.5. The van der Waals surface area contributed by atoms with Gasteiger partial charge in [-0.15, -0.1) is 0 Å². The van der Waals surface area contributed by atoms with Gasteiger partial charge in [0.15, 0.2) is 6.10 Å². The molecule has 4 N–H and O–H groups in total. The maximum absolute atomic E-state index is 13.0. The van der Waals surface area contributed by atoms with E-state index in [0.29, 0.717) is 0 Å². The topological polar surface area (TPSA) is 145 Å². The molecule has 10 heteroatoms. The molecule has 0 heterocycles. The van der Waals surface area contributed by atoms with E-state index in [0.717, 1.165) is 16.3 Å². The summed E-state index contributed by atoms with van der Waals surface area (Å²) in [6.07, 6.45) is -1.63. The molecule has 190 valence electrons. The van der Waals surface area contributed by atoms with E-state index in [-0.39, 0.29) is 37.9 Å². The zero-order valence-electron chi connectivity index (χ0n) is 20.2. The molecular weight excluding hydrogens is 454 g/mol. The molecule has 2 aromatic carbocycles. The molecule has 0 spiro atoms. The van der Waals surface area contributed by atoms with Crippen molar-refractivity contribution in [3.8, 4) is 0 Å². The highest BCUT2D eigenvalue weighted by Crippen LogP contribution is 2.17. The maximum atomic E-state index is 13.0. The number of nitrogens with zero attached hydrogens (tertiary/aromatic N) is 1. The smallest absolute Gasteiger partial charge is 0.334 e. The van der Waals surface area contributed by atoms with Gasteiger partial charge < -0.3 is 30.5 Å². The minimum atomic E-state index is -1.76. The number of ether oxygens (including phenoxy) is 1. The summed E-state index contributed by atoms with van der Waals surface area (Å²) in [5.74, 6) is -2.41. The Hall–Kier alpha value is -3.66. The van der Waals surface area contributed by atoms with E-state index in [9.17, 15) is 24.3 Å². The molecule has 2 aromatic rings. The van der Waals surface area contributed by atoms with E-state index in [4.69, 9.17) is 9.84 Å². The molecule has 0 aliphatic heterocycles. The second kappa shape index (κ2) is 13.3. The van der Waals surface area contributed by atoms with Gasteiger partial charge in [-0.05, 0) is 22.3 Å². The zero-order chi connectivity index (χ0) is 26.0. The first-order chi connectivity index (χ1) is 16.6. The van der Waals surface area contributed by atoms with Crippen molar-refractivity contribution < 1.29 is 34.1 Å². The number of carbonyl (C=O) groups is 4. The lowest BCUT2D eigenvalue weighted by atomic mass is 10.0. The summed E-state index contributed by atoms with van der Waals surface area (Å²) in [4.78, 5) is 49.2. The number of carboxylic acids is 1. The molecule has 0 aliphatic carbocycles. The largest absolute Gasteiger partial charge is 0.479 e. The Labute approximate surface area is 204 Å². The highest BCUT2D eigenvalue weighted by Gasteiger charge is 2.28. The maximum Gasteiger partial charge on any atom is 0.334 e. The number of carbonyl (C=O) groups excluding carboxylic acids is 3. The van der Waals surface area contributed by atoms with Crippen molar-refractivity contribution in [1.29, 1.82) is 0 Å². The van der Waals surface area contributed by atoms with Gasteiger partial charge in [0.2, 0.25) is 5.91 Å². The summed E-state index contributed by atoms with van der Waals surface area (Å²) in [5.41, 5.74) is 0.786. The van der Waals surface area contributed by atoms with Gasteiger partial charge >= 0.3 is 18.0 Å². The number of aliphatic hydroxyl groups is 1. The minimum Gasteiger partial charge on any atom is -0.479 e. The summed E-state index contributed by atoms with van der Waals surface area (Å²) >= 11 is 0. The fourth-order valence-electron chi connectivity index (χ4n) is 3.48. The molecular formula is C25H33N3O7. The average molecular weight is 488 g/mol. The van der Waals surface area contributed by atoms with Crippen molar-refractivity contribution >= 4 is 34.6 Å². The Morgan fingerprint density at radius 2 is 1.71 bits per heavy atom. The molecule has 0 bridgehead atoms. The normalized spacial score (nSPS) is 12.6. The molecule has 2 rings (SSSR count). The van der Waals surface area contributed by atoms with Gasteiger partial charge in [0.05, 0.1) is 13.1 Å². The fraction of sp³-hybridized carbons (Fsp3) is 0.440. The average Bonchev–Trinajstić information content (AvgIpc) is 2.80. The van der Waals surface area contributed by atoms with Crippen LogP contribution in [-0.4, -0.2) is 77.4 Å². The van der Waals surface area contributed by atoms with Crippen molar-refractivity contribution in [3.63, 3.8) is 0 Å². The standard InChI is InChI=1S/C25H33N3O7/c1-16(2)14-28(15-22(30)23(31)32)25(34)27-21(24(33)35-11-10-26-17(3)29)13-18-8-9-19-6-4-5-7-20(19)12-18/h4-9,12,16,21-22,30H,10-11,13-15H2,1-3H3,(H,26,29)(H,27,34)(H,31,32)/t21-,22?/m0/s1. The SMILES string of the molecule is CC(=O)NCCOC(=O)[C@H](Cc1ccc2ccccc2c1)NC(=O)N(CC(C)C)CC(O)C(=O)O. The highest BCUT2D eigenvalue weighted by molar-refractivity contribution is 5.86. The van der Waals surface area contributed by atoms with Crippen molar-refractivity contribution in [2.45, 2.75) is 39.3 Å². The van der Waals surface area contributed by atoms with Crippen LogP contribution < -0.4 is 10.6 Å². The van der Waals surface area contributed by atoms with Crippen molar-refractivity contribution in [2.75, 3.05) is 26.2 Å². The lowest BCUT2D eigenvalue weighted by molar-refractivity contribution is -0.148. The lowest BCUT2D eigenvalue weighted by Crippen LogP contribution is -2.52. The summed E-state index contributed by atoms with van der Waals surface area (Å²) in [6.45, 7) is 4.83. The number of urea groups is 1. The second-order valence-corrected chi connectivity index (χ2v) is 8.69. The summed E-state index contributed by atoms with van der Waals surface area (Å²) in [7, 11) is 0. The van der Waals surface area contributed by atoms with Crippen LogP contribution in [0.5, 0.6) is 0 Å². The molecule has 0 aromatic heterocycles. The van der Waals surface area contributed by atoms with Crippen LogP contribution in [0.15, 0.2) is 42.5 Å². The number of carboxylic acid groups (broad SMARTS) is 1. The van der Waals surface area contributed by atoms with Gasteiger partial charge in [-0.2, -0.15) is 0 Å². The summed E-state index contributed by atoms with van der Waals surface area (Å²) in [5, 5.41) is 26.0. The number of nitrogens with one attached hydrogen (secondary N) is 2. The molecule has 0 saturated carbocycles. The van der Waals surface area contributed by atoms with Crippen molar-refractivity contribution in [1.82, 2.24) is 15.5 Å². The molecule has 1 unspecified atom stereocenters. The zero-order valence-corrected chi connectivity index (χ0v) is 20.2. The van der Waals surface area contributed by atoms with Crippen molar-refractivity contribution in [3.05, 3.63) is 48.0 Å². The molecule has 3 amide bonds. The van der Waals surface area contributed by atoms with Gasteiger partial charge in [-0.1, -0.05) is 56.3 Å². The summed E-state index contributed by atoms with van der Waals surface area (Å²) < 4.78 is 5.26. The number of aliphatic carboxylic acids is 1. The van der Waals surface area contributed by atoms with Crippen LogP contribution in [0.3, 0.4) is 0 Å². The fourth-order valence-corrected chi connectivity index (χ4v) is 3.48. The van der Waals surface area contributed by atoms with Crippen LogP contribution in [0, 0.1) is 5.92 Å². The van der Waals surface area contributed by atoms with Crippen LogP contribution in [0.1, 0.15) is 26.3 Å². The van der Waals surface area contributed by atoms with Crippen molar-refractivity contribution in [2.24, 2.45) is 5.92 Å². The number of esters is 1. The quantitative estimate of drug-likeness (QED) is 0.262. The third-order valence-corrected chi connectivity index (χ3v) is 5.11. The van der Waals surface area contributed by atoms with Gasteiger partial charge in [0, 0.05) is 19.9 Å². The van der Waals surface area contributed by atoms with Crippen LogP contribution in [0.2, 0.25) is 0 Å². The number of fused-ring (bicyclic) bond motifs is 1. The van der Waals surface area contributed by atoms with E-state index in [1.54, 1.807) is 0 Å². The third kappa shape index (κ3) is 9.24. The van der Waals surface area contributed by atoms with Gasteiger partial charge in [-0.25, -0.2) is 14.4 Å². The molecule has 10 nitrogen and oxygen atoms in total. The second-order valence-electron chi connectivity index (χ2n) is 8.69. The van der Waals surface area contributed by atoms with Gasteiger partial charge in [0.1, 0.15) is 12.6 Å². The van der Waals surface area contributed by atoms with E-state index < -0.39 is 36.7 Å². The summed E-state index contributed by atoms with van der Waals surface area (Å²) in [6, 6.07) is 11.7. The first-order valence-electron chi connectivity index (χ1n) is 11.4. The monoisotopic (exact) mass is 487 g/mol. The first-order valence-corrected chi connectivity index (χ1v) is 11.4. The van der Waals surface area contributed by atoms with E-state index in [1.807, 2.05) is 56.3 Å². The molecule has 35 heavy (non-hydrogen) atoms. The first kappa shape index (κ1) is 27.6. The molecule has 2 atom stereocenters. The van der Waals surface area contributed by atoms with Gasteiger partial charge in [0.25, 0.3) is 0 Å². The Balaban J connectivity index is 2.21. The number of hydrogen-bond donors (Lipinski definition) is 4. The van der Waals surface area contributed by atoms with E-state index in [2.05, 4.69) is 10.6 Å². The predicted octanol–water partition coefficient (Wildman–Crippen LogP) is 1.54. The number of benzene rings is 2. The van der Waals surface area contributed by atoms with Crippen LogP contribution in [-0.2, 0) is 25.5 Å². The number of hydrogen-bond acceptors (Lipinski definition) is 6. The van der Waals surface area contributed by atoms with E-state index >= 15 is 0 Å². The van der Waals surface area contributed by atoms with Gasteiger partial charge in [-0.3, -0.25) is 4.79 Å². The lowest BCUT2D eigenvalue weighted by Gasteiger charge is -2.28. The van der Waals surface area contributed by atoms with Crippen LogP contribution >= 0.6 is 0 Å². The van der Waals surface area contributed by atoms with Crippen LogP contribution in [0.25, 0.3) is 10.8 Å². The predicted molar refractivity (Wildman–Crippen MR) is 130 cm³/mol. The molecule has 0 radical (unpaired) electrons. The van der Waals surface area contributed by atoms with E-state index in [1.165, 1.54) is 11.8 Å². The number of amides is 3. The molecule has 0 fully saturated rings. The Morgan fingerprint density at radius 1 is 1.03 bits per heavy atom. The minimum absolute atomic E-state index is 0.00899. The Bertz CT molecular complexity index is 1040. The molecule has 0 aliphatic rings. The number of rotatable bonds is 12. The Morgan fingerprint density at radius 3 is 2.34 bits per heavy atom. The Kier molecular flexibility index (Phi) is 10.5. The number of aliphatic hydroxyl groups excluding tert-OH is 1. The van der Waals surface area contributed by atoms with Crippen LogP contribution in [0.4, 0.5) is 4.79 Å². The third-order valence-electron chi connectivity index (χ3n) is 5.11. The molecule has 0 saturated heterocycles.